The van der Waals surface area contributed by atoms with Crippen LogP contribution in [-0.2, 0) is 11.2 Å². The number of nitrogens with one attached hydrogen (secondary N) is 2. The molecule has 0 saturated heterocycles. The predicted molar refractivity (Wildman–Crippen MR) is 85.6 cm³/mol. The van der Waals surface area contributed by atoms with Gasteiger partial charge in [0.1, 0.15) is 6.61 Å². The summed E-state index contributed by atoms with van der Waals surface area (Å²) >= 11 is 0. The van der Waals surface area contributed by atoms with Gasteiger partial charge in [-0.1, -0.05) is 30.3 Å². The summed E-state index contributed by atoms with van der Waals surface area (Å²) < 4.78 is 40.2. The quantitative estimate of drug-likeness (QED) is 0.415. The van der Waals surface area contributed by atoms with E-state index in [4.69, 9.17) is 0 Å². The lowest BCUT2D eigenvalue weighted by atomic mass is 10.1. The Hall–Kier alpha value is -1.76. The Morgan fingerprint density at radius 3 is 2.35 bits per heavy atom. The van der Waals surface area contributed by atoms with Crippen LogP contribution in [-0.4, -0.2) is 45.5 Å². The minimum absolute atomic E-state index is 0.0670. The van der Waals surface area contributed by atoms with Crippen LogP contribution in [0.3, 0.4) is 0 Å². The van der Waals surface area contributed by atoms with E-state index in [0.29, 0.717) is 18.9 Å². The van der Waals surface area contributed by atoms with Crippen LogP contribution in [0.15, 0.2) is 35.3 Å². The van der Waals surface area contributed by atoms with Crippen LogP contribution in [0.2, 0.25) is 0 Å². The molecular weight excluding hydrogens is 307 g/mol. The molecule has 0 aliphatic carbocycles. The van der Waals surface area contributed by atoms with Crippen LogP contribution in [0.1, 0.15) is 18.4 Å². The van der Waals surface area contributed by atoms with E-state index < -0.39 is 12.8 Å². The summed E-state index contributed by atoms with van der Waals surface area (Å²) in [5.41, 5.74) is 1.29. The normalized spacial score (nSPS) is 12.3. The first-order valence-corrected chi connectivity index (χ1v) is 7.64. The molecule has 1 aromatic rings. The summed E-state index contributed by atoms with van der Waals surface area (Å²) in [4.78, 5) is 4.06. The van der Waals surface area contributed by atoms with Gasteiger partial charge in [0.05, 0.1) is 0 Å². The summed E-state index contributed by atoms with van der Waals surface area (Å²) in [5.74, 6) is 0.647. The number of rotatable bonds is 9. The fourth-order valence-electron chi connectivity index (χ4n) is 1.93. The van der Waals surface area contributed by atoms with E-state index in [9.17, 15) is 13.2 Å². The zero-order chi connectivity index (χ0) is 17.0. The van der Waals surface area contributed by atoms with Crippen molar-refractivity contribution in [3.63, 3.8) is 0 Å². The fourth-order valence-corrected chi connectivity index (χ4v) is 1.93. The molecule has 0 unspecified atom stereocenters. The SMILES string of the molecule is CN=C(NCCCOCC(F)(F)F)NCCCc1ccccc1. The highest BCUT2D eigenvalue weighted by atomic mass is 19.4. The molecule has 0 heterocycles. The number of ether oxygens (including phenoxy) is 1. The Balaban J connectivity index is 2.04. The number of aryl methyl sites for hydroxylation is 1. The molecule has 0 bridgehead atoms. The maximum absolute atomic E-state index is 11.9. The molecule has 130 valence electrons. The third kappa shape index (κ3) is 10.6. The molecule has 0 aliphatic rings. The highest BCUT2D eigenvalue weighted by molar-refractivity contribution is 5.79. The number of nitrogens with zero attached hydrogens (tertiary/aromatic N) is 1. The molecule has 0 aromatic heterocycles. The van der Waals surface area contributed by atoms with Gasteiger partial charge in [-0.25, -0.2) is 0 Å². The van der Waals surface area contributed by atoms with E-state index in [1.165, 1.54) is 5.56 Å². The number of halogens is 3. The zero-order valence-corrected chi connectivity index (χ0v) is 13.3. The molecule has 0 saturated carbocycles. The third-order valence-electron chi connectivity index (χ3n) is 3.02. The van der Waals surface area contributed by atoms with Gasteiger partial charge in [-0.15, -0.1) is 0 Å². The summed E-state index contributed by atoms with van der Waals surface area (Å²) in [7, 11) is 1.66. The van der Waals surface area contributed by atoms with Gasteiger partial charge in [0.2, 0.25) is 0 Å². The second kappa shape index (κ2) is 10.9. The Morgan fingerprint density at radius 2 is 1.74 bits per heavy atom. The Labute approximate surface area is 135 Å². The van der Waals surface area contributed by atoms with Crippen molar-refractivity contribution in [2.24, 2.45) is 4.99 Å². The van der Waals surface area contributed by atoms with E-state index in [1.54, 1.807) is 7.05 Å². The van der Waals surface area contributed by atoms with Crippen molar-refractivity contribution < 1.29 is 17.9 Å². The lowest BCUT2D eigenvalue weighted by Crippen LogP contribution is -2.38. The van der Waals surface area contributed by atoms with Crippen molar-refractivity contribution in [1.82, 2.24) is 10.6 Å². The van der Waals surface area contributed by atoms with E-state index in [1.807, 2.05) is 18.2 Å². The average molecular weight is 331 g/mol. The maximum atomic E-state index is 11.9. The molecule has 1 aromatic carbocycles. The molecule has 7 heteroatoms. The largest absolute Gasteiger partial charge is 0.411 e. The molecule has 0 fully saturated rings. The average Bonchev–Trinajstić information content (AvgIpc) is 2.52. The minimum Gasteiger partial charge on any atom is -0.372 e. The zero-order valence-electron chi connectivity index (χ0n) is 13.3. The lowest BCUT2D eigenvalue weighted by Gasteiger charge is -2.12. The predicted octanol–water partition coefficient (Wildman–Crippen LogP) is 2.75. The van der Waals surface area contributed by atoms with E-state index in [0.717, 1.165) is 19.4 Å². The first-order chi connectivity index (χ1) is 11.0. The van der Waals surface area contributed by atoms with Crippen molar-refractivity contribution in [2.45, 2.75) is 25.4 Å². The Kier molecular flexibility index (Phi) is 9.12. The molecule has 0 spiro atoms. The first-order valence-electron chi connectivity index (χ1n) is 7.64. The van der Waals surface area contributed by atoms with Gasteiger partial charge in [0.15, 0.2) is 5.96 Å². The lowest BCUT2D eigenvalue weighted by molar-refractivity contribution is -0.173. The smallest absolute Gasteiger partial charge is 0.372 e. The molecule has 2 N–H and O–H groups in total. The summed E-state index contributed by atoms with van der Waals surface area (Å²) in [6.45, 7) is 0.159. The first kappa shape index (κ1) is 19.3. The Bertz CT molecular complexity index is 450. The van der Waals surface area contributed by atoms with Crippen molar-refractivity contribution >= 4 is 5.96 Å². The van der Waals surface area contributed by atoms with Crippen LogP contribution in [0.25, 0.3) is 0 Å². The molecule has 23 heavy (non-hydrogen) atoms. The van der Waals surface area contributed by atoms with Gasteiger partial charge in [0.25, 0.3) is 0 Å². The molecule has 0 aliphatic heterocycles. The Morgan fingerprint density at radius 1 is 1.09 bits per heavy atom. The summed E-state index contributed by atoms with van der Waals surface area (Å²) in [6.07, 6.45) is -1.82. The van der Waals surface area contributed by atoms with Crippen molar-refractivity contribution in [2.75, 3.05) is 33.4 Å². The van der Waals surface area contributed by atoms with Crippen LogP contribution >= 0.6 is 0 Å². The number of alkyl halides is 3. The molecule has 0 atom stereocenters. The van der Waals surface area contributed by atoms with Gasteiger partial charge in [0, 0.05) is 26.7 Å². The summed E-state index contributed by atoms with van der Waals surface area (Å²) in [6, 6.07) is 10.2. The van der Waals surface area contributed by atoms with Crippen LogP contribution < -0.4 is 10.6 Å². The highest BCUT2D eigenvalue weighted by Gasteiger charge is 2.27. The van der Waals surface area contributed by atoms with Gasteiger partial charge in [-0.05, 0) is 24.8 Å². The molecular formula is C16H24F3N3O. The van der Waals surface area contributed by atoms with Gasteiger partial charge >= 0.3 is 6.18 Å². The van der Waals surface area contributed by atoms with E-state index in [2.05, 4.69) is 32.5 Å². The van der Waals surface area contributed by atoms with Crippen LogP contribution in [0.4, 0.5) is 13.2 Å². The van der Waals surface area contributed by atoms with Gasteiger partial charge in [-0.2, -0.15) is 13.2 Å². The third-order valence-corrected chi connectivity index (χ3v) is 3.02. The minimum atomic E-state index is -4.26. The van der Waals surface area contributed by atoms with E-state index >= 15 is 0 Å². The highest BCUT2D eigenvalue weighted by Crippen LogP contribution is 2.14. The van der Waals surface area contributed by atoms with Gasteiger partial charge in [-0.3, -0.25) is 4.99 Å². The monoisotopic (exact) mass is 331 g/mol. The standard InChI is InChI=1S/C16H24F3N3O/c1-20-15(22-11-6-12-23-13-16(17,18)19)21-10-5-9-14-7-3-2-4-8-14/h2-4,7-8H,5-6,9-13H2,1H3,(H2,20,21,22). The van der Waals surface area contributed by atoms with Crippen LogP contribution in [0, 0.1) is 0 Å². The number of aliphatic imine (C=N–C) groups is 1. The summed E-state index contributed by atoms with van der Waals surface area (Å²) in [5, 5.41) is 6.22. The number of guanidine groups is 1. The molecule has 4 nitrogen and oxygen atoms in total. The molecule has 0 radical (unpaired) electrons. The van der Waals surface area contributed by atoms with Gasteiger partial charge < -0.3 is 15.4 Å². The number of hydrogen-bond acceptors (Lipinski definition) is 2. The second-order valence-corrected chi connectivity index (χ2v) is 5.04. The van der Waals surface area contributed by atoms with Crippen LogP contribution in [0.5, 0.6) is 0 Å². The number of benzene rings is 1. The topological polar surface area (TPSA) is 45.7 Å². The fraction of sp³-hybridized carbons (Fsp3) is 0.562. The maximum Gasteiger partial charge on any atom is 0.411 e. The molecule has 0 amide bonds. The van der Waals surface area contributed by atoms with Crippen molar-refractivity contribution in [3.8, 4) is 0 Å². The van der Waals surface area contributed by atoms with Crippen molar-refractivity contribution in [1.29, 1.82) is 0 Å². The number of hydrogen-bond donors (Lipinski definition) is 2. The molecule has 1 rings (SSSR count). The van der Waals surface area contributed by atoms with E-state index in [-0.39, 0.29) is 6.61 Å². The second-order valence-electron chi connectivity index (χ2n) is 5.04. The van der Waals surface area contributed by atoms with Crippen molar-refractivity contribution in [3.05, 3.63) is 35.9 Å².